The number of carbonyl (C=O) groups is 1. The Kier molecular flexibility index (Phi) is 4.58. The first-order chi connectivity index (χ1) is 8.40. The minimum absolute atomic E-state index is 0.130. The van der Waals surface area contributed by atoms with Crippen LogP contribution in [0.5, 0.6) is 11.8 Å². The number of ether oxygens (including phenoxy) is 2. The van der Waals surface area contributed by atoms with Crippen molar-refractivity contribution >= 4 is 5.78 Å². The van der Waals surface area contributed by atoms with Crippen molar-refractivity contribution in [2.75, 3.05) is 13.2 Å². The molecule has 0 amide bonds. The lowest BCUT2D eigenvalue weighted by Crippen LogP contribution is -2.25. The molecule has 1 aromatic rings. The molecule has 0 bridgehead atoms. The number of hydrogen-bond donors (Lipinski definition) is 0. The number of Topliss-reactive ketones (excluding diaryl/α,β-unsaturated/α-hetero) is 1. The molecule has 0 saturated heterocycles. The monoisotopic (exact) mass is 259 g/mol. The van der Waals surface area contributed by atoms with E-state index < -0.39 is 11.7 Å². The Hall–Kier alpha value is -1.72. The van der Waals surface area contributed by atoms with Crippen LogP contribution in [-0.2, 0) is 0 Å². The topological polar surface area (TPSA) is 48.4 Å². The lowest BCUT2D eigenvalue weighted by Gasteiger charge is -2.13. The van der Waals surface area contributed by atoms with Gasteiger partial charge in [0, 0.05) is 13.0 Å². The molecular weight excluding hydrogens is 244 g/mol. The van der Waals surface area contributed by atoms with Crippen LogP contribution in [0.3, 0.4) is 0 Å². The van der Waals surface area contributed by atoms with Gasteiger partial charge in [0.05, 0.1) is 18.8 Å². The molecule has 4 nitrogen and oxygen atoms in total. The lowest BCUT2D eigenvalue weighted by molar-refractivity contribution is 0.0217. The summed E-state index contributed by atoms with van der Waals surface area (Å²) in [5.74, 6) is -4.67. The molecule has 0 fully saturated rings. The standard InChI is InChI=1S/C12H15F2NO3/c1-4-17-9-7-6-8(10(16)12(3,13)14)11(15-9)18-5-2/h6-7H,4-5H2,1-3H3. The quantitative estimate of drug-likeness (QED) is 0.737. The highest BCUT2D eigenvalue weighted by molar-refractivity contribution is 6.02. The van der Waals surface area contributed by atoms with Gasteiger partial charge in [0.2, 0.25) is 17.5 Å². The van der Waals surface area contributed by atoms with Crippen LogP contribution in [-0.4, -0.2) is 29.9 Å². The molecule has 0 aliphatic rings. The van der Waals surface area contributed by atoms with E-state index in [9.17, 15) is 13.6 Å². The first kappa shape index (κ1) is 14.3. The summed E-state index contributed by atoms with van der Waals surface area (Å²) in [5, 5.41) is 0. The van der Waals surface area contributed by atoms with Crippen molar-refractivity contribution in [3.8, 4) is 11.8 Å². The van der Waals surface area contributed by atoms with Crippen LogP contribution in [0, 0.1) is 0 Å². The molecule has 0 aliphatic carbocycles. The predicted octanol–water partition coefficient (Wildman–Crippen LogP) is 2.72. The molecule has 0 N–H and O–H groups in total. The highest BCUT2D eigenvalue weighted by Gasteiger charge is 2.35. The molecular formula is C12H15F2NO3. The Bertz CT molecular complexity index is 430. The van der Waals surface area contributed by atoms with Gasteiger partial charge in [-0.05, 0) is 19.9 Å². The second-order valence-corrected chi connectivity index (χ2v) is 3.59. The molecule has 0 aromatic carbocycles. The molecule has 0 spiro atoms. The minimum Gasteiger partial charge on any atom is -0.478 e. The maximum Gasteiger partial charge on any atom is 0.307 e. The zero-order valence-corrected chi connectivity index (χ0v) is 10.5. The summed E-state index contributed by atoms with van der Waals surface area (Å²) in [6.07, 6.45) is 0. The molecule has 6 heteroatoms. The second-order valence-electron chi connectivity index (χ2n) is 3.59. The Morgan fingerprint density at radius 2 is 1.89 bits per heavy atom. The number of rotatable bonds is 6. The van der Waals surface area contributed by atoms with Crippen molar-refractivity contribution in [3.05, 3.63) is 17.7 Å². The van der Waals surface area contributed by atoms with Crippen LogP contribution < -0.4 is 9.47 Å². The molecule has 1 aromatic heterocycles. The van der Waals surface area contributed by atoms with Crippen LogP contribution in [0.25, 0.3) is 0 Å². The van der Waals surface area contributed by atoms with Crippen molar-refractivity contribution in [1.29, 1.82) is 0 Å². The van der Waals surface area contributed by atoms with E-state index in [0.29, 0.717) is 13.5 Å². The molecule has 0 aliphatic heterocycles. The van der Waals surface area contributed by atoms with E-state index in [1.54, 1.807) is 13.8 Å². The molecule has 1 heterocycles. The van der Waals surface area contributed by atoms with E-state index in [4.69, 9.17) is 9.47 Å². The van der Waals surface area contributed by atoms with Crippen molar-refractivity contribution in [3.63, 3.8) is 0 Å². The maximum absolute atomic E-state index is 13.0. The fraction of sp³-hybridized carbons (Fsp3) is 0.500. The SMILES string of the molecule is CCOc1ccc(C(=O)C(C)(F)F)c(OCC)n1. The van der Waals surface area contributed by atoms with Gasteiger partial charge in [-0.3, -0.25) is 4.79 Å². The van der Waals surface area contributed by atoms with Gasteiger partial charge in [0.1, 0.15) is 0 Å². The van der Waals surface area contributed by atoms with E-state index >= 15 is 0 Å². The van der Waals surface area contributed by atoms with E-state index in [-0.39, 0.29) is 23.9 Å². The van der Waals surface area contributed by atoms with E-state index in [0.717, 1.165) is 0 Å². The van der Waals surface area contributed by atoms with Gasteiger partial charge in [-0.2, -0.15) is 13.8 Å². The molecule has 0 unspecified atom stereocenters. The number of pyridine rings is 1. The van der Waals surface area contributed by atoms with Crippen LogP contribution in [0.1, 0.15) is 31.1 Å². The Labute approximate surface area is 104 Å². The second kappa shape index (κ2) is 5.75. The Morgan fingerprint density at radius 1 is 1.28 bits per heavy atom. The predicted molar refractivity (Wildman–Crippen MR) is 61.5 cm³/mol. The van der Waals surface area contributed by atoms with Crippen molar-refractivity contribution in [2.45, 2.75) is 26.7 Å². The normalized spacial score (nSPS) is 11.2. The van der Waals surface area contributed by atoms with Crippen molar-refractivity contribution < 1.29 is 23.0 Å². The van der Waals surface area contributed by atoms with Crippen LogP contribution in [0.2, 0.25) is 0 Å². The summed E-state index contributed by atoms with van der Waals surface area (Å²) in [4.78, 5) is 15.4. The zero-order chi connectivity index (χ0) is 13.8. The number of aromatic nitrogens is 1. The van der Waals surface area contributed by atoms with Crippen molar-refractivity contribution in [2.24, 2.45) is 0 Å². The summed E-state index contributed by atoms with van der Waals surface area (Å²) < 4.78 is 36.2. The number of nitrogens with zero attached hydrogens (tertiary/aromatic N) is 1. The molecule has 1 rings (SSSR count). The van der Waals surface area contributed by atoms with E-state index in [2.05, 4.69) is 4.98 Å². The molecule has 100 valence electrons. The smallest absolute Gasteiger partial charge is 0.307 e. The number of carbonyl (C=O) groups excluding carboxylic acids is 1. The fourth-order valence-corrected chi connectivity index (χ4v) is 1.31. The minimum atomic E-state index is -3.46. The highest BCUT2D eigenvalue weighted by atomic mass is 19.3. The summed E-state index contributed by atoms with van der Waals surface area (Å²) in [6, 6.07) is 2.60. The van der Waals surface area contributed by atoms with Gasteiger partial charge in [0.15, 0.2) is 0 Å². The van der Waals surface area contributed by atoms with Gasteiger partial charge >= 0.3 is 5.92 Å². The average molecular weight is 259 g/mol. The van der Waals surface area contributed by atoms with Gasteiger partial charge in [-0.15, -0.1) is 0 Å². The third-order valence-corrected chi connectivity index (χ3v) is 2.05. The van der Waals surface area contributed by atoms with Gasteiger partial charge in [-0.25, -0.2) is 0 Å². The first-order valence-corrected chi connectivity index (χ1v) is 5.59. The maximum atomic E-state index is 13.0. The third-order valence-electron chi connectivity index (χ3n) is 2.05. The Morgan fingerprint density at radius 3 is 2.39 bits per heavy atom. The first-order valence-electron chi connectivity index (χ1n) is 5.59. The van der Waals surface area contributed by atoms with Crippen LogP contribution in [0.15, 0.2) is 12.1 Å². The van der Waals surface area contributed by atoms with Crippen molar-refractivity contribution in [1.82, 2.24) is 4.98 Å². The van der Waals surface area contributed by atoms with Crippen LogP contribution >= 0.6 is 0 Å². The average Bonchev–Trinajstić information content (AvgIpc) is 2.28. The van der Waals surface area contributed by atoms with Gasteiger partial charge in [0.25, 0.3) is 0 Å². The zero-order valence-electron chi connectivity index (χ0n) is 10.5. The van der Waals surface area contributed by atoms with E-state index in [1.165, 1.54) is 12.1 Å². The summed E-state index contributed by atoms with van der Waals surface area (Å²) in [5.41, 5.74) is -0.243. The highest BCUT2D eigenvalue weighted by Crippen LogP contribution is 2.27. The molecule has 0 saturated carbocycles. The summed E-state index contributed by atoms with van der Waals surface area (Å²) in [7, 11) is 0. The number of alkyl halides is 2. The number of ketones is 1. The molecule has 0 atom stereocenters. The van der Waals surface area contributed by atoms with Crippen LogP contribution in [0.4, 0.5) is 8.78 Å². The number of halogens is 2. The lowest BCUT2D eigenvalue weighted by atomic mass is 10.1. The Balaban J connectivity index is 3.14. The molecule has 0 radical (unpaired) electrons. The van der Waals surface area contributed by atoms with Gasteiger partial charge < -0.3 is 9.47 Å². The van der Waals surface area contributed by atoms with Gasteiger partial charge in [-0.1, -0.05) is 0 Å². The fourth-order valence-electron chi connectivity index (χ4n) is 1.31. The molecule has 18 heavy (non-hydrogen) atoms. The summed E-state index contributed by atoms with van der Waals surface area (Å²) in [6.45, 7) is 4.59. The number of hydrogen-bond acceptors (Lipinski definition) is 4. The van der Waals surface area contributed by atoms with E-state index in [1.807, 2.05) is 0 Å². The summed E-state index contributed by atoms with van der Waals surface area (Å²) >= 11 is 0. The third kappa shape index (κ3) is 3.38. The largest absolute Gasteiger partial charge is 0.478 e.